The lowest BCUT2D eigenvalue weighted by atomic mass is 9.94. The molecule has 1 aliphatic heterocycles. The molecule has 1 atom stereocenters. The van der Waals surface area contributed by atoms with Crippen LogP contribution in [0.4, 0.5) is 0 Å². The first kappa shape index (κ1) is 16.9. The summed E-state index contributed by atoms with van der Waals surface area (Å²) in [5.74, 6) is 0.0253. The maximum atomic E-state index is 12.8. The lowest BCUT2D eigenvalue weighted by Crippen LogP contribution is -2.41. The molecule has 0 spiro atoms. The number of likely N-dealkylation sites (tertiary alicyclic amines) is 1. The molecule has 1 saturated heterocycles. The van der Waals surface area contributed by atoms with E-state index in [1.807, 2.05) is 59.7 Å². The van der Waals surface area contributed by atoms with Crippen LogP contribution in [0.1, 0.15) is 35.3 Å². The molecule has 1 fully saturated rings. The molecule has 130 valence electrons. The van der Waals surface area contributed by atoms with Crippen molar-refractivity contribution in [1.82, 2.24) is 19.2 Å². The van der Waals surface area contributed by atoms with Gasteiger partial charge in [-0.3, -0.25) is 4.79 Å². The number of imidazole rings is 1. The van der Waals surface area contributed by atoms with Crippen LogP contribution in [0.15, 0.2) is 24.5 Å². The third-order valence-corrected chi connectivity index (χ3v) is 4.63. The van der Waals surface area contributed by atoms with Gasteiger partial charge in [0.25, 0.3) is 5.91 Å². The molecule has 3 rings (SSSR count). The van der Waals surface area contributed by atoms with Crippen LogP contribution < -0.4 is 0 Å². The molecule has 0 bridgehead atoms. The Kier molecular flexibility index (Phi) is 4.60. The third-order valence-electron chi connectivity index (χ3n) is 4.63. The van der Waals surface area contributed by atoms with E-state index >= 15 is 0 Å². The van der Waals surface area contributed by atoms with E-state index in [0.717, 1.165) is 24.2 Å². The van der Waals surface area contributed by atoms with Crippen LogP contribution in [0.3, 0.4) is 0 Å². The van der Waals surface area contributed by atoms with Gasteiger partial charge in [0.2, 0.25) is 0 Å². The number of hydrogen-bond donors (Lipinski definition) is 1. The van der Waals surface area contributed by atoms with Crippen LogP contribution in [-0.2, 0) is 0 Å². The van der Waals surface area contributed by atoms with Crippen molar-refractivity contribution < 1.29 is 9.90 Å². The second kappa shape index (κ2) is 6.53. The molecular weight excluding hydrogens is 304 g/mol. The minimum Gasteiger partial charge on any atom is -0.388 e. The summed E-state index contributed by atoms with van der Waals surface area (Å²) in [5, 5.41) is 10.7. The van der Waals surface area contributed by atoms with Crippen LogP contribution in [-0.4, -0.2) is 69.5 Å². The standard InChI is InChI=1S/C18H26N4O2/c1-14-11-22-12-15(5-6-16(22)19-14)17(23)21-9-4-7-18(24,8-10-21)13-20(2)3/h5-6,11-12,24H,4,7-10,13H2,1-3H3. The molecule has 0 saturated carbocycles. The van der Waals surface area contributed by atoms with Crippen LogP contribution in [0, 0.1) is 6.92 Å². The molecule has 2 aromatic heterocycles. The Morgan fingerprint density at radius 3 is 2.83 bits per heavy atom. The van der Waals surface area contributed by atoms with E-state index in [2.05, 4.69) is 4.98 Å². The number of aliphatic hydroxyl groups is 1. The Labute approximate surface area is 142 Å². The first-order chi connectivity index (χ1) is 11.4. The summed E-state index contributed by atoms with van der Waals surface area (Å²) in [6.07, 6.45) is 5.93. The van der Waals surface area contributed by atoms with Gasteiger partial charge in [-0.15, -0.1) is 0 Å². The Balaban J connectivity index is 1.74. The molecule has 1 N–H and O–H groups in total. The van der Waals surface area contributed by atoms with Crippen LogP contribution in [0.2, 0.25) is 0 Å². The number of aromatic nitrogens is 2. The van der Waals surface area contributed by atoms with Gasteiger partial charge in [0.1, 0.15) is 5.65 Å². The summed E-state index contributed by atoms with van der Waals surface area (Å²) in [5.41, 5.74) is 1.74. The largest absolute Gasteiger partial charge is 0.388 e. The fourth-order valence-electron chi connectivity index (χ4n) is 3.56. The Morgan fingerprint density at radius 2 is 2.08 bits per heavy atom. The van der Waals surface area contributed by atoms with Gasteiger partial charge in [0.05, 0.1) is 16.9 Å². The number of hydrogen-bond acceptors (Lipinski definition) is 4. The quantitative estimate of drug-likeness (QED) is 0.928. The van der Waals surface area contributed by atoms with Crippen LogP contribution in [0.25, 0.3) is 5.65 Å². The van der Waals surface area contributed by atoms with Gasteiger partial charge >= 0.3 is 0 Å². The molecule has 6 nitrogen and oxygen atoms in total. The molecule has 2 aromatic rings. The highest BCUT2D eigenvalue weighted by atomic mass is 16.3. The Morgan fingerprint density at radius 1 is 1.29 bits per heavy atom. The highest BCUT2D eigenvalue weighted by Crippen LogP contribution is 2.24. The normalized spacial score (nSPS) is 22.1. The second-order valence-corrected chi connectivity index (χ2v) is 7.17. The van der Waals surface area contributed by atoms with E-state index in [9.17, 15) is 9.90 Å². The first-order valence-electron chi connectivity index (χ1n) is 8.48. The number of nitrogens with zero attached hydrogens (tertiary/aromatic N) is 4. The SMILES string of the molecule is Cc1cn2cc(C(=O)N3CCCC(O)(CN(C)C)CC3)ccc2n1. The zero-order valence-electron chi connectivity index (χ0n) is 14.7. The van der Waals surface area contributed by atoms with Crippen molar-refractivity contribution in [2.75, 3.05) is 33.7 Å². The number of aryl methyl sites for hydroxylation is 1. The van der Waals surface area contributed by atoms with Gasteiger partial charge in [-0.2, -0.15) is 0 Å². The van der Waals surface area contributed by atoms with Crippen molar-refractivity contribution >= 4 is 11.6 Å². The minimum absolute atomic E-state index is 0.0253. The number of fused-ring (bicyclic) bond motifs is 1. The molecular formula is C18H26N4O2. The predicted molar refractivity (Wildman–Crippen MR) is 93.2 cm³/mol. The number of carbonyl (C=O) groups excluding carboxylic acids is 1. The monoisotopic (exact) mass is 330 g/mol. The number of pyridine rings is 1. The van der Waals surface area contributed by atoms with Crippen LogP contribution in [0.5, 0.6) is 0 Å². The van der Waals surface area contributed by atoms with E-state index in [0.29, 0.717) is 31.6 Å². The van der Waals surface area contributed by atoms with E-state index < -0.39 is 5.60 Å². The van der Waals surface area contributed by atoms with E-state index in [1.54, 1.807) is 0 Å². The van der Waals surface area contributed by atoms with Gasteiger partial charge in [0.15, 0.2) is 0 Å². The molecule has 0 aromatic carbocycles. The average molecular weight is 330 g/mol. The fourth-order valence-corrected chi connectivity index (χ4v) is 3.56. The van der Waals surface area contributed by atoms with Crippen molar-refractivity contribution in [2.24, 2.45) is 0 Å². The maximum absolute atomic E-state index is 12.8. The number of rotatable bonds is 3. The van der Waals surface area contributed by atoms with Crippen molar-refractivity contribution in [2.45, 2.75) is 31.8 Å². The molecule has 0 radical (unpaired) electrons. The van der Waals surface area contributed by atoms with Crippen molar-refractivity contribution in [1.29, 1.82) is 0 Å². The van der Waals surface area contributed by atoms with Gasteiger partial charge < -0.3 is 19.3 Å². The molecule has 1 aliphatic rings. The van der Waals surface area contributed by atoms with Gasteiger partial charge in [0, 0.05) is 32.0 Å². The van der Waals surface area contributed by atoms with Crippen molar-refractivity contribution in [3.8, 4) is 0 Å². The topological polar surface area (TPSA) is 61.1 Å². The summed E-state index contributed by atoms with van der Waals surface area (Å²) in [6.45, 7) is 3.85. The lowest BCUT2D eigenvalue weighted by Gasteiger charge is -2.30. The van der Waals surface area contributed by atoms with Gasteiger partial charge in [-0.1, -0.05) is 0 Å². The summed E-state index contributed by atoms with van der Waals surface area (Å²) >= 11 is 0. The summed E-state index contributed by atoms with van der Waals surface area (Å²) in [4.78, 5) is 21.1. The fraction of sp³-hybridized carbons (Fsp3) is 0.556. The van der Waals surface area contributed by atoms with E-state index in [-0.39, 0.29) is 5.91 Å². The highest BCUT2D eigenvalue weighted by molar-refractivity contribution is 5.94. The number of amides is 1. The van der Waals surface area contributed by atoms with Crippen molar-refractivity contribution in [3.63, 3.8) is 0 Å². The molecule has 1 unspecified atom stereocenters. The maximum Gasteiger partial charge on any atom is 0.255 e. The number of carbonyl (C=O) groups is 1. The summed E-state index contributed by atoms with van der Waals surface area (Å²) < 4.78 is 1.89. The Hall–Kier alpha value is -1.92. The van der Waals surface area contributed by atoms with Gasteiger partial charge in [-0.25, -0.2) is 4.98 Å². The molecule has 1 amide bonds. The predicted octanol–water partition coefficient (Wildman–Crippen LogP) is 1.56. The zero-order chi connectivity index (χ0) is 17.3. The van der Waals surface area contributed by atoms with E-state index in [4.69, 9.17) is 0 Å². The first-order valence-corrected chi connectivity index (χ1v) is 8.48. The lowest BCUT2D eigenvalue weighted by molar-refractivity contribution is 0.00305. The Bertz CT molecular complexity index is 740. The third kappa shape index (κ3) is 3.60. The molecule has 24 heavy (non-hydrogen) atoms. The zero-order valence-corrected chi connectivity index (χ0v) is 14.7. The summed E-state index contributed by atoms with van der Waals surface area (Å²) in [7, 11) is 3.93. The van der Waals surface area contributed by atoms with Crippen LogP contribution >= 0.6 is 0 Å². The van der Waals surface area contributed by atoms with E-state index in [1.165, 1.54) is 0 Å². The average Bonchev–Trinajstić information content (AvgIpc) is 2.77. The second-order valence-electron chi connectivity index (χ2n) is 7.17. The summed E-state index contributed by atoms with van der Waals surface area (Å²) in [6, 6.07) is 3.71. The molecule has 0 aliphatic carbocycles. The minimum atomic E-state index is -0.704. The molecule has 3 heterocycles. The number of likely N-dealkylation sites (N-methyl/N-ethyl adjacent to an activating group) is 1. The van der Waals surface area contributed by atoms with Gasteiger partial charge in [-0.05, 0) is 52.4 Å². The highest BCUT2D eigenvalue weighted by Gasteiger charge is 2.32. The van der Waals surface area contributed by atoms with Crippen molar-refractivity contribution in [3.05, 3.63) is 35.8 Å². The molecule has 6 heteroatoms. The smallest absolute Gasteiger partial charge is 0.255 e.